The maximum atomic E-state index is 12.7. The Kier molecular flexibility index (Phi) is 4.55. The van der Waals surface area contributed by atoms with E-state index in [1.54, 1.807) is 0 Å². The molecule has 0 saturated heterocycles. The second-order valence-corrected chi connectivity index (χ2v) is 4.19. The summed E-state index contributed by atoms with van der Waals surface area (Å²) in [5, 5.41) is 0. The van der Waals surface area contributed by atoms with Gasteiger partial charge in [-0.15, -0.1) is 12.4 Å². The third kappa shape index (κ3) is 3.18. The molecule has 0 heterocycles. The first kappa shape index (κ1) is 12.5. The minimum atomic E-state index is -0.163. The monoisotopic (exact) mass is 229 g/mol. The van der Waals surface area contributed by atoms with Crippen LogP contribution in [0, 0.1) is 11.7 Å². The fourth-order valence-electron chi connectivity index (χ4n) is 2.24. The van der Waals surface area contributed by atoms with Crippen LogP contribution in [0.15, 0.2) is 24.3 Å². The van der Waals surface area contributed by atoms with E-state index in [-0.39, 0.29) is 18.2 Å². The van der Waals surface area contributed by atoms with Gasteiger partial charge in [-0.05, 0) is 42.9 Å². The van der Waals surface area contributed by atoms with Crippen molar-refractivity contribution in [2.24, 2.45) is 11.7 Å². The van der Waals surface area contributed by atoms with Gasteiger partial charge in [0.15, 0.2) is 0 Å². The smallest absolute Gasteiger partial charge is 0.123 e. The average Bonchev–Trinajstić information content (AvgIpc) is 2.56. The van der Waals surface area contributed by atoms with E-state index in [1.165, 1.54) is 30.5 Å². The molecule has 0 amide bonds. The minimum absolute atomic E-state index is 0. The lowest BCUT2D eigenvalue weighted by molar-refractivity contribution is 0.478. The van der Waals surface area contributed by atoms with Gasteiger partial charge in [-0.25, -0.2) is 4.39 Å². The predicted octanol–water partition coefficient (Wildman–Crippen LogP) is 2.92. The summed E-state index contributed by atoms with van der Waals surface area (Å²) in [5.74, 6) is 0.435. The lowest BCUT2D eigenvalue weighted by Gasteiger charge is -2.14. The predicted molar refractivity (Wildman–Crippen MR) is 62.7 cm³/mol. The van der Waals surface area contributed by atoms with Gasteiger partial charge in [0.05, 0.1) is 0 Å². The first-order valence-electron chi connectivity index (χ1n) is 5.26. The number of hydrogen-bond acceptors (Lipinski definition) is 1. The van der Waals surface area contributed by atoms with Crippen LogP contribution in [0.1, 0.15) is 24.8 Å². The van der Waals surface area contributed by atoms with E-state index in [2.05, 4.69) is 0 Å². The van der Waals surface area contributed by atoms with E-state index in [4.69, 9.17) is 5.73 Å². The molecule has 1 fully saturated rings. The van der Waals surface area contributed by atoms with Crippen molar-refractivity contribution in [1.29, 1.82) is 0 Å². The molecule has 0 spiro atoms. The van der Waals surface area contributed by atoms with Crippen molar-refractivity contribution >= 4 is 12.4 Å². The highest BCUT2D eigenvalue weighted by Crippen LogP contribution is 2.27. The van der Waals surface area contributed by atoms with Crippen LogP contribution >= 0.6 is 12.4 Å². The molecular weight excluding hydrogens is 213 g/mol. The Morgan fingerprint density at radius 3 is 2.40 bits per heavy atom. The zero-order valence-electron chi connectivity index (χ0n) is 8.66. The molecule has 0 aliphatic heterocycles. The van der Waals surface area contributed by atoms with Crippen LogP contribution in [0.2, 0.25) is 0 Å². The molecule has 1 aliphatic rings. The van der Waals surface area contributed by atoms with Gasteiger partial charge in [0.2, 0.25) is 0 Å². The molecule has 1 saturated carbocycles. The van der Waals surface area contributed by atoms with Crippen LogP contribution in [0.3, 0.4) is 0 Å². The Morgan fingerprint density at radius 2 is 1.87 bits per heavy atom. The van der Waals surface area contributed by atoms with Gasteiger partial charge in [-0.2, -0.15) is 0 Å². The van der Waals surface area contributed by atoms with E-state index in [0.717, 1.165) is 12.8 Å². The summed E-state index contributed by atoms with van der Waals surface area (Å²) in [5.41, 5.74) is 7.19. The molecule has 1 aromatic carbocycles. The highest BCUT2D eigenvalue weighted by molar-refractivity contribution is 5.85. The Hall–Kier alpha value is -0.600. The topological polar surface area (TPSA) is 26.0 Å². The van der Waals surface area contributed by atoms with Crippen molar-refractivity contribution < 1.29 is 4.39 Å². The lowest BCUT2D eigenvalue weighted by atomic mass is 9.95. The van der Waals surface area contributed by atoms with Gasteiger partial charge in [-0.3, -0.25) is 0 Å². The van der Waals surface area contributed by atoms with Gasteiger partial charge in [-0.1, -0.05) is 18.6 Å². The third-order valence-corrected chi connectivity index (χ3v) is 3.13. The van der Waals surface area contributed by atoms with Crippen molar-refractivity contribution in [3.8, 4) is 0 Å². The molecule has 2 unspecified atom stereocenters. The van der Waals surface area contributed by atoms with E-state index in [9.17, 15) is 4.39 Å². The SMILES string of the molecule is Cl.NC1CCCC1Cc1ccc(F)cc1. The third-order valence-electron chi connectivity index (χ3n) is 3.13. The summed E-state index contributed by atoms with van der Waals surface area (Å²) in [4.78, 5) is 0. The molecule has 1 aromatic rings. The summed E-state index contributed by atoms with van der Waals surface area (Å²) < 4.78 is 12.7. The molecule has 0 radical (unpaired) electrons. The van der Waals surface area contributed by atoms with Crippen LogP contribution in [0.4, 0.5) is 4.39 Å². The normalized spacial score (nSPS) is 24.9. The maximum absolute atomic E-state index is 12.7. The molecule has 2 atom stereocenters. The molecule has 0 aromatic heterocycles. The highest BCUT2D eigenvalue weighted by atomic mass is 35.5. The molecule has 3 heteroatoms. The van der Waals surface area contributed by atoms with Crippen molar-refractivity contribution in [3.05, 3.63) is 35.6 Å². The van der Waals surface area contributed by atoms with Gasteiger partial charge >= 0.3 is 0 Å². The van der Waals surface area contributed by atoms with Crippen LogP contribution in [-0.2, 0) is 6.42 Å². The molecule has 2 N–H and O–H groups in total. The van der Waals surface area contributed by atoms with E-state index in [1.807, 2.05) is 12.1 Å². The fourth-order valence-corrected chi connectivity index (χ4v) is 2.24. The van der Waals surface area contributed by atoms with Crippen LogP contribution in [-0.4, -0.2) is 6.04 Å². The summed E-state index contributed by atoms with van der Waals surface area (Å²) in [6.45, 7) is 0. The standard InChI is InChI=1S/C12H16FN.ClH/c13-11-6-4-9(5-7-11)8-10-2-1-3-12(10)14;/h4-7,10,12H,1-3,8,14H2;1H. The van der Waals surface area contributed by atoms with Crippen molar-refractivity contribution in [2.45, 2.75) is 31.7 Å². The lowest BCUT2D eigenvalue weighted by Crippen LogP contribution is -2.25. The Labute approximate surface area is 96.3 Å². The number of hydrogen-bond donors (Lipinski definition) is 1. The van der Waals surface area contributed by atoms with Gasteiger partial charge < -0.3 is 5.73 Å². The summed E-state index contributed by atoms with van der Waals surface area (Å²) in [6, 6.07) is 7.12. The molecule has 84 valence electrons. The molecule has 2 rings (SSSR count). The number of nitrogens with two attached hydrogens (primary N) is 1. The molecular formula is C12H17ClFN. The number of benzene rings is 1. The van der Waals surface area contributed by atoms with E-state index >= 15 is 0 Å². The second-order valence-electron chi connectivity index (χ2n) is 4.19. The van der Waals surface area contributed by atoms with Crippen LogP contribution in [0.5, 0.6) is 0 Å². The summed E-state index contributed by atoms with van der Waals surface area (Å²) >= 11 is 0. The van der Waals surface area contributed by atoms with Gasteiger partial charge in [0.25, 0.3) is 0 Å². The first-order valence-corrected chi connectivity index (χ1v) is 5.26. The largest absolute Gasteiger partial charge is 0.327 e. The Morgan fingerprint density at radius 1 is 1.20 bits per heavy atom. The van der Waals surface area contributed by atoms with Gasteiger partial charge in [0.1, 0.15) is 5.82 Å². The van der Waals surface area contributed by atoms with Crippen molar-refractivity contribution in [3.63, 3.8) is 0 Å². The number of halogens is 2. The first-order chi connectivity index (χ1) is 6.75. The molecule has 1 aliphatic carbocycles. The van der Waals surface area contributed by atoms with Crippen molar-refractivity contribution in [2.75, 3.05) is 0 Å². The average molecular weight is 230 g/mol. The zero-order valence-corrected chi connectivity index (χ0v) is 9.47. The minimum Gasteiger partial charge on any atom is -0.327 e. The summed E-state index contributed by atoms with van der Waals surface area (Å²) in [7, 11) is 0. The zero-order chi connectivity index (χ0) is 9.97. The Bertz CT molecular complexity index is 299. The second kappa shape index (κ2) is 5.47. The summed E-state index contributed by atoms with van der Waals surface area (Å²) in [6.07, 6.45) is 4.61. The molecule has 15 heavy (non-hydrogen) atoms. The maximum Gasteiger partial charge on any atom is 0.123 e. The molecule has 0 bridgehead atoms. The van der Waals surface area contributed by atoms with Crippen molar-refractivity contribution in [1.82, 2.24) is 0 Å². The van der Waals surface area contributed by atoms with Crippen LogP contribution in [0.25, 0.3) is 0 Å². The quantitative estimate of drug-likeness (QED) is 0.829. The Balaban J connectivity index is 0.00000112. The van der Waals surface area contributed by atoms with E-state index < -0.39 is 0 Å². The van der Waals surface area contributed by atoms with Crippen LogP contribution < -0.4 is 5.73 Å². The highest BCUT2D eigenvalue weighted by Gasteiger charge is 2.23. The number of rotatable bonds is 2. The fraction of sp³-hybridized carbons (Fsp3) is 0.500. The van der Waals surface area contributed by atoms with Gasteiger partial charge in [0, 0.05) is 6.04 Å². The molecule has 1 nitrogen and oxygen atoms in total. The van der Waals surface area contributed by atoms with E-state index in [0.29, 0.717) is 12.0 Å².